The number of sulfone groups is 1. The predicted molar refractivity (Wildman–Crippen MR) is 137 cm³/mol. The number of thioether (sulfide) groups is 1. The van der Waals surface area contributed by atoms with Gasteiger partial charge in [-0.25, -0.2) is 13.2 Å². The zero-order valence-electron chi connectivity index (χ0n) is 20.0. The second kappa shape index (κ2) is 10.3. The van der Waals surface area contributed by atoms with Gasteiger partial charge in [-0.2, -0.15) is 0 Å². The van der Waals surface area contributed by atoms with Crippen molar-refractivity contribution in [1.82, 2.24) is 5.32 Å². The standard InChI is InChI=1S/C27H29NO5S2/c1-27(2,3)33-26(29)28-16-21-22(32-17-19-10-6-4-7-11-19)14-15-24-25(21)23(18-35(24,30)31)34-20-12-8-5-9-13-20/h4-15,23H,16-18H2,1-3H3,(H,28,29). The number of nitrogens with one attached hydrogen (secondary N) is 1. The molecule has 1 unspecified atom stereocenters. The van der Waals surface area contributed by atoms with E-state index in [0.29, 0.717) is 28.4 Å². The molecule has 6 nitrogen and oxygen atoms in total. The van der Waals surface area contributed by atoms with Crippen LogP contribution in [-0.4, -0.2) is 25.9 Å². The van der Waals surface area contributed by atoms with Crippen LogP contribution in [0.2, 0.25) is 0 Å². The molecule has 0 aliphatic carbocycles. The first-order valence-electron chi connectivity index (χ1n) is 11.4. The molecule has 1 atom stereocenters. The molecule has 1 heterocycles. The number of hydrogen-bond donors (Lipinski definition) is 1. The summed E-state index contributed by atoms with van der Waals surface area (Å²) in [5.41, 5.74) is 1.67. The number of rotatable bonds is 7. The smallest absolute Gasteiger partial charge is 0.407 e. The van der Waals surface area contributed by atoms with Gasteiger partial charge in [-0.1, -0.05) is 48.5 Å². The Morgan fingerprint density at radius 1 is 1.00 bits per heavy atom. The van der Waals surface area contributed by atoms with E-state index in [1.165, 1.54) is 11.8 Å². The van der Waals surface area contributed by atoms with Gasteiger partial charge < -0.3 is 14.8 Å². The van der Waals surface area contributed by atoms with Crippen molar-refractivity contribution >= 4 is 27.7 Å². The van der Waals surface area contributed by atoms with Crippen molar-refractivity contribution in [2.75, 3.05) is 5.75 Å². The Morgan fingerprint density at radius 2 is 1.66 bits per heavy atom. The van der Waals surface area contributed by atoms with Crippen molar-refractivity contribution in [1.29, 1.82) is 0 Å². The van der Waals surface area contributed by atoms with Gasteiger partial charge >= 0.3 is 6.09 Å². The molecule has 0 radical (unpaired) electrons. The van der Waals surface area contributed by atoms with Crippen LogP contribution in [0.5, 0.6) is 5.75 Å². The zero-order chi connectivity index (χ0) is 25.1. The molecule has 8 heteroatoms. The monoisotopic (exact) mass is 511 g/mol. The molecule has 35 heavy (non-hydrogen) atoms. The Hall–Kier alpha value is -2.97. The van der Waals surface area contributed by atoms with Crippen molar-refractivity contribution in [2.45, 2.75) is 54.6 Å². The number of ether oxygens (including phenoxy) is 2. The van der Waals surface area contributed by atoms with Gasteiger partial charge in [0.25, 0.3) is 0 Å². The van der Waals surface area contributed by atoms with Crippen molar-refractivity contribution in [3.8, 4) is 5.75 Å². The Morgan fingerprint density at radius 3 is 2.31 bits per heavy atom. The molecule has 0 aromatic heterocycles. The summed E-state index contributed by atoms with van der Waals surface area (Å²) in [5.74, 6) is 0.531. The third-order valence-corrected chi connectivity index (χ3v) is 8.61. The summed E-state index contributed by atoms with van der Waals surface area (Å²) in [5, 5.41) is 2.46. The number of hydrogen-bond acceptors (Lipinski definition) is 6. The van der Waals surface area contributed by atoms with Gasteiger partial charge in [0.15, 0.2) is 9.84 Å². The quantitative estimate of drug-likeness (QED) is 0.425. The summed E-state index contributed by atoms with van der Waals surface area (Å²) in [6.07, 6.45) is -0.572. The van der Waals surface area contributed by atoms with Crippen molar-refractivity contribution in [3.63, 3.8) is 0 Å². The molecule has 0 bridgehead atoms. The maximum atomic E-state index is 13.1. The number of carbonyl (C=O) groups excluding carboxylic acids is 1. The normalized spacial score (nSPS) is 16.4. The lowest BCUT2D eigenvalue weighted by atomic mass is 10.0. The van der Waals surface area contributed by atoms with E-state index >= 15 is 0 Å². The highest BCUT2D eigenvalue weighted by Gasteiger charge is 2.38. The minimum atomic E-state index is -3.47. The molecule has 4 rings (SSSR count). The number of benzene rings is 3. The van der Waals surface area contributed by atoms with Gasteiger partial charge in [0.05, 0.1) is 22.4 Å². The first-order chi connectivity index (χ1) is 16.6. The van der Waals surface area contributed by atoms with Gasteiger partial charge in [0.2, 0.25) is 0 Å². The van der Waals surface area contributed by atoms with E-state index in [1.54, 1.807) is 32.9 Å². The summed E-state index contributed by atoms with van der Waals surface area (Å²) >= 11 is 1.50. The van der Waals surface area contributed by atoms with E-state index in [4.69, 9.17) is 9.47 Å². The van der Waals surface area contributed by atoms with E-state index in [9.17, 15) is 13.2 Å². The summed E-state index contributed by atoms with van der Waals surface area (Å²) in [7, 11) is -3.47. The number of alkyl carbamates (subject to hydrolysis) is 1. The largest absolute Gasteiger partial charge is 0.489 e. The average molecular weight is 512 g/mol. The van der Waals surface area contributed by atoms with Crippen LogP contribution in [0.3, 0.4) is 0 Å². The predicted octanol–water partition coefficient (Wildman–Crippen LogP) is 5.91. The van der Waals surface area contributed by atoms with Gasteiger partial charge in [0.1, 0.15) is 18.0 Å². The second-order valence-electron chi connectivity index (χ2n) is 9.28. The SMILES string of the molecule is CC(C)(C)OC(=O)NCc1c(OCc2ccccc2)ccc2c1C(Sc1ccccc1)CS2(=O)=O. The fourth-order valence-corrected chi connectivity index (χ4v) is 7.44. The van der Waals surface area contributed by atoms with E-state index < -0.39 is 21.5 Å². The fourth-order valence-electron chi connectivity index (χ4n) is 3.90. The fraction of sp³-hybridized carbons (Fsp3) is 0.296. The molecule has 1 amide bonds. The molecule has 3 aromatic rings. The van der Waals surface area contributed by atoms with Crippen molar-refractivity contribution in [2.24, 2.45) is 0 Å². The first-order valence-corrected chi connectivity index (χ1v) is 13.9. The number of fused-ring (bicyclic) bond motifs is 1. The lowest BCUT2D eigenvalue weighted by Gasteiger charge is -2.22. The maximum absolute atomic E-state index is 13.1. The van der Waals surface area contributed by atoms with Gasteiger partial charge in [0, 0.05) is 10.5 Å². The Labute approximate surface area is 211 Å². The molecule has 1 aliphatic rings. The van der Waals surface area contributed by atoms with Gasteiger partial charge in [-0.15, -0.1) is 11.8 Å². The van der Waals surface area contributed by atoms with Crippen LogP contribution >= 0.6 is 11.8 Å². The molecule has 0 spiro atoms. The van der Waals surface area contributed by atoms with Crippen molar-refractivity contribution in [3.05, 3.63) is 89.5 Å². The maximum Gasteiger partial charge on any atom is 0.407 e. The highest BCUT2D eigenvalue weighted by molar-refractivity contribution is 8.01. The van der Waals surface area contributed by atoms with E-state index in [1.807, 2.05) is 60.7 Å². The van der Waals surface area contributed by atoms with Crippen LogP contribution in [0.25, 0.3) is 0 Å². The van der Waals surface area contributed by atoms with Crippen LogP contribution in [0.1, 0.15) is 42.7 Å². The third-order valence-electron chi connectivity index (χ3n) is 5.37. The molecular formula is C27H29NO5S2. The van der Waals surface area contributed by atoms with E-state index in [-0.39, 0.29) is 17.5 Å². The summed E-state index contributed by atoms with van der Waals surface area (Å²) in [6, 6.07) is 22.7. The zero-order valence-corrected chi connectivity index (χ0v) is 21.6. The molecule has 0 saturated carbocycles. The molecule has 0 saturated heterocycles. The summed E-state index contributed by atoms with van der Waals surface area (Å²) in [4.78, 5) is 13.7. The lowest BCUT2D eigenvalue weighted by Crippen LogP contribution is -2.32. The summed E-state index contributed by atoms with van der Waals surface area (Å²) < 4.78 is 37.7. The molecule has 1 N–H and O–H groups in total. The molecule has 3 aromatic carbocycles. The van der Waals surface area contributed by atoms with Crippen LogP contribution in [0.15, 0.2) is 82.6 Å². The third kappa shape index (κ3) is 6.38. The van der Waals surface area contributed by atoms with Gasteiger partial charge in [-0.05, 0) is 56.2 Å². The Balaban J connectivity index is 1.70. The minimum Gasteiger partial charge on any atom is -0.489 e. The molecule has 0 fully saturated rings. The van der Waals surface area contributed by atoms with E-state index in [0.717, 1.165) is 10.5 Å². The second-order valence-corrected chi connectivity index (χ2v) is 12.6. The Kier molecular flexibility index (Phi) is 7.42. The topological polar surface area (TPSA) is 81.7 Å². The van der Waals surface area contributed by atoms with Crippen LogP contribution in [0.4, 0.5) is 4.79 Å². The summed E-state index contributed by atoms with van der Waals surface area (Å²) in [6.45, 7) is 5.78. The van der Waals surface area contributed by atoms with Crippen LogP contribution < -0.4 is 10.1 Å². The van der Waals surface area contributed by atoms with Gasteiger partial charge in [-0.3, -0.25) is 0 Å². The molecule has 184 valence electrons. The van der Waals surface area contributed by atoms with E-state index in [2.05, 4.69) is 5.32 Å². The molecular weight excluding hydrogens is 482 g/mol. The first kappa shape index (κ1) is 25.1. The highest BCUT2D eigenvalue weighted by Crippen LogP contribution is 2.48. The average Bonchev–Trinajstić information content (AvgIpc) is 3.06. The number of amides is 1. The van der Waals surface area contributed by atoms with Crippen LogP contribution in [-0.2, 0) is 27.7 Å². The number of carbonyl (C=O) groups is 1. The van der Waals surface area contributed by atoms with Crippen molar-refractivity contribution < 1.29 is 22.7 Å². The van der Waals surface area contributed by atoms with Crippen LogP contribution in [0, 0.1) is 0 Å². The lowest BCUT2D eigenvalue weighted by molar-refractivity contribution is 0.0523. The minimum absolute atomic E-state index is 0.0104. The highest BCUT2D eigenvalue weighted by atomic mass is 32.2. The molecule has 1 aliphatic heterocycles. The Bertz CT molecular complexity index is 1290.